The standard InChI is InChI=1S/C24H22ClN3O4S/c1-29-20-13-16(15-26-28-24-27-18-8-4-6-10-22(18)33-24)14-21(30-2)23(20)32-12-11-31-19-9-5-3-7-17(19)25/h3-10,13-15H,11-12H2,1-2H3,(H,27,28). The molecule has 1 heterocycles. The van der Waals surface area contributed by atoms with Crippen LogP contribution in [-0.2, 0) is 0 Å². The van der Waals surface area contributed by atoms with Crippen molar-refractivity contribution in [3.8, 4) is 23.0 Å². The van der Waals surface area contributed by atoms with E-state index in [0.717, 1.165) is 15.8 Å². The molecule has 0 fully saturated rings. The maximum absolute atomic E-state index is 6.11. The van der Waals surface area contributed by atoms with Gasteiger partial charge >= 0.3 is 0 Å². The fraction of sp³-hybridized carbons (Fsp3) is 0.167. The number of thiazole rings is 1. The third-order valence-electron chi connectivity index (χ3n) is 4.57. The lowest BCUT2D eigenvalue weighted by atomic mass is 10.2. The lowest BCUT2D eigenvalue weighted by Gasteiger charge is -2.15. The molecule has 0 saturated carbocycles. The zero-order chi connectivity index (χ0) is 23.0. The third-order valence-corrected chi connectivity index (χ3v) is 5.83. The number of anilines is 1. The number of rotatable bonds is 10. The minimum Gasteiger partial charge on any atom is -0.493 e. The Morgan fingerprint density at radius 2 is 1.64 bits per heavy atom. The molecule has 170 valence electrons. The van der Waals surface area contributed by atoms with Gasteiger partial charge in [0.05, 0.1) is 35.7 Å². The van der Waals surface area contributed by atoms with E-state index in [0.29, 0.717) is 39.8 Å². The normalized spacial score (nSPS) is 11.0. The van der Waals surface area contributed by atoms with Gasteiger partial charge in [0.15, 0.2) is 11.5 Å². The zero-order valence-corrected chi connectivity index (χ0v) is 19.7. The summed E-state index contributed by atoms with van der Waals surface area (Å²) in [5.74, 6) is 2.13. The number of halogens is 1. The second-order valence-electron chi connectivity index (χ2n) is 6.74. The van der Waals surface area contributed by atoms with Crippen LogP contribution in [0.1, 0.15) is 5.56 Å². The maximum atomic E-state index is 6.11. The Hall–Kier alpha value is -3.49. The predicted octanol–water partition coefficient (Wildman–Crippen LogP) is 5.87. The van der Waals surface area contributed by atoms with Crippen molar-refractivity contribution in [2.75, 3.05) is 32.9 Å². The molecule has 0 aliphatic rings. The van der Waals surface area contributed by atoms with Crippen molar-refractivity contribution in [3.63, 3.8) is 0 Å². The highest BCUT2D eigenvalue weighted by atomic mass is 35.5. The van der Waals surface area contributed by atoms with Crippen LogP contribution in [0.4, 0.5) is 5.13 Å². The number of nitrogens with zero attached hydrogens (tertiary/aromatic N) is 2. The molecule has 1 aromatic heterocycles. The van der Waals surface area contributed by atoms with E-state index in [1.807, 2.05) is 48.5 Å². The Balaban J connectivity index is 1.41. The van der Waals surface area contributed by atoms with Crippen molar-refractivity contribution in [1.29, 1.82) is 0 Å². The first-order valence-corrected chi connectivity index (χ1v) is 11.3. The van der Waals surface area contributed by atoms with Gasteiger partial charge in [-0.15, -0.1) is 0 Å². The van der Waals surface area contributed by atoms with Crippen LogP contribution in [0.5, 0.6) is 23.0 Å². The number of hydrazone groups is 1. The second kappa shape index (κ2) is 10.9. The molecule has 9 heteroatoms. The number of aromatic nitrogens is 1. The smallest absolute Gasteiger partial charge is 0.204 e. The van der Waals surface area contributed by atoms with E-state index in [1.165, 1.54) is 11.3 Å². The van der Waals surface area contributed by atoms with Crippen LogP contribution in [0.25, 0.3) is 10.2 Å². The number of methoxy groups -OCH3 is 2. The summed E-state index contributed by atoms with van der Waals surface area (Å²) in [7, 11) is 3.14. The average Bonchev–Trinajstić information content (AvgIpc) is 3.25. The van der Waals surface area contributed by atoms with E-state index in [2.05, 4.69) is 15.5 Å². The number of fused-ring (bicyclic) bond motifs is 1. The Bertz CT molecular complexity index is 1200. The summed E-state index contributed by atoms with van der Waals surface area (Å²) in [6.45, 7) is 0.593. The Labute approximate surface area is 200 Å². The van der Waals surface area contributed by atoms with Crippen molar-refractivity contribution < 1.29 is 18.9 Å². The number of nitrogens with one attached hydrogen (secondary N) is 1. The molecular formula is C24H22ClN3O4S. The minimum atomic E-state index is 0.282. The fourth-order valence-corrected chi connectivity index (χ4v) is 4.06. The van der Waals surface area contributed by atoms with Crippen molar-refractivity contribution in [2.24, 2.45) is 5.10 Å². The zero-order valence-electron chi connectivity index (χ0n) is 18.1. The highest BCUT2D eigenvalue weighted by molar-refractivity contribution is 7.22. The van der Waals surface area contributed by atoms with E-state index in [4.69, 9.17) is 30.5 Å². The molecule has 0 aliphatic heterocycles. The van der Waals surface area contributed by atoms with Gasteiger partial charge in [-0.1, -0.05) is 47.2 Å². The Morgan fingerprint density at radius 1 is 0.939 bits per heavy atom. The SMILES string of the molecule is COc1cc(C=NNc2nc3ccccc3s2)cc(OC)c1OCCOc1ccccc1Cl. The molecule has 0 bridgehead atoms. The van der Waals surface area contributed by atoms with E-state index in [9.17, 15) is 0 Å². The second-order valence-corrected chi connectivity index (χ2v) is 8.18. The number of ether oxygens (including phenoxy) is 4. The van der Waals surface area contributed by atoms with E-state index < -0.39 is 0 Å². The summed E-state index contributed by atoms with van der Waals surface area (Å²) < 4.78 is 23.7. The minimum absolute atomic E-state index is 0.282. The molecule has 3 aromatic carbocycles. The number of hydrogen-bond donors (Lipinski definition) is 1. The number of benzene rings is 3. The van der Waals surface area contributed by atoms with Crippen molar-refractivity contribution >= 4 is 44.5 Å². The molecule has 0 amide bonds. The van der Waals surface area contributed by atoms with Gasteiger partial charge in [-0.25, -0.2) is 4.98 Å². The van der Waals surface area contributed by atoms with Crippen LogP contribution in [0.15, 0.2) is 65.8 Å². The molecule has 0 atom stereocenters. The first kappa shape index (κ1) is 22.7. The van der Waals surface area contributed by atoms with Gasteiger partial charge in [0, 0.05) is 5.56 Å². The highest BCUT2D eigenvalue weighted by Crippen LogP contribution is 2.38. The highest BCUT2D eigenvalue weighted by Gasteiger charge is 2.14. The molecule has 33 heavy (non-hydrogen) atoms. The molecular weight excluding hydrogens is 462 g/mol. The van der Waals surface area contributed by atoms with E-state index >= 15 is 0 Å². The van der Waals surface area contributed by atoms with Crippen molar-refractivity contribution in [2.45, 2.75) is 0 Å². The van der Waals surface area contributed by atoms with Crippen LogP contribution < -0.4 is 24.4 Å². The quantitative estimate of drug-likeness (QED) is 0.173. The van der Waals surface area contributed by atoms with Gasteiger partial charge in [0.2, 0.25) is 10.9 Å². The van der Waals surface area contributed by atoms with Gasteiger partial charge < -0.3 is 18.9 Å². The largest absolute Gasteiger partial charge is 0.493 e. The summed E-state index contributed by atoms with van der Waals surface area (Å²) in [6.07, 6.45) is 1.67. The predicted molar refractivity (Wildman–Crippen MR) is 133 cm³/mol. The lowest BCUT2D eigenvalue weighted by molar-refractivity contribution is 0.205. The molecule has 0 unspecified atom stereocenters. The Kier molecular flexibility index (Phi) is 7.49. The molecule has 0 aliphatic carbocycles. The Morgan fingerprint density at radius 3 is 2.36 bits per heavy atom. The average molecular weight is 484 g/mol. The van der Waals surface area contributed by atoms with E-state index in [1.54, 1.807) is 32.6 Å². The van der Waals surface area contributed by atoms with Gasteiger partial charge in [0.25, 0.3) is 0 Å². The van der Waals surface area contributed by atoms with Gasteiger partial charge in [-0.05, 0) is 36.4 Å². The molecule has 4 aromatic rings. The van der Waals surface area contributed by atoms with Crippen molar-refractivity contribution in [3.05, 3.63) is 71.2 Å². The number of hydrogen-bond acceptors (Lipinski definition) is 8. The van der Waals surface area contributed by atoms with Crippen LogP contribution in [0, 0.1) is 0 Å². The van der Waals surface area contributed by atoms with Gasteiger partial charge in [0.1, 0.15) is 19.0 Å². The summed E-state index contributed by atoms with van der Waals surface area (Å²) in [5.41, 5.74) is 4.68. The van der Waals surface area contributed by atoms with Crippen molar-refractivity contribution in [1.82, 2.24) is 4.98 Å². The summed E-state index contributed by atoms with van der Waals surface area (Å²) in [4.78, 5) is 4.50. The number of para-hydroxylation sites is 2. The first-order valence-electron chi connectivity index (χ1n) is 10.1. The van der Waals surface area contributed by atoms with Crippen LogP contribution in [0.2, 0.25) is 5.02 Å². The molecule has 4 rings (SSSR count). The molecule has 0 spiro atoms. The molecule has 0 radical (unpaired) electrons. The molecule has 7 nitrogen and oxygen atoms in total. The summed E-state index contributed by atoms with van der Waals surface area (Å²) in [6, 6.07) is 18.9. The fourth-order valence-electron chi connectivity index (χ4n) is 3.06. The van der Waals surface area contributed by atoms with Gasteiger partial charge in [-0.2, -0.15) is 5.10 Å². The lowest BCUT2D eigenvalue weighted by Crippen LogP contribution is -2.10. The van der Waals surface area contributed by atoms with Crippen LogP contribution in [0.3, 0.4) is 0 Å². The van der Waals surface area contributed by atoms with E-state index in [-0.39, 0.29) is 6.61 Å². The maximum Gasteiger partial charge on any atom is 0.204 e. The topological polar surface area (TPSA) is 74.2 Å². The first-order chi connectivity index (χ1) is 16.2. The molecule has 0 saturated heterocycles. The van der Waals surface area contributed by atoms with Crippen LogP contribution >= 0.6 is 22.9 Å². The third kappa shape index (κ3) is 5.66. The molecule has 1 N–H and O–H groups in total. The summed E-state index contributed by atoms with van der Waals surface area (Å²) >= 11 is 7.64. The van der Waals surface area contributed by atoms with Gasteiger partial charge in [-0.3, -0.25) is 5.43 Å². The summed E-state index contributed by atoms with van der Waals surface area (Å²) in [5, 5.41) is 5.56. The van der Waals surface area contributed by atoms with Crippen LogP contribution in [-0.4, -0.2) is 38.6 Å². The monoisotopic (exact) mass is 483 g/mol.